The summed E-state index contributed by atoms with van der Waals surface area (Å²) in [6.07, 6.45) is 3.80. The Kier molecular flexibility index (Phi) is 4.18. The van der Waals surface area contributed by atoms with Crippen molar-refractivity contribution >= 4 is 5.91 Å². The highest BCUT2D eigenvalue weighted by atomic mass is 16.5. The lowest BCUT2D eigenvalue weighted by Gasteiger charge is -2.06. The molecule has 1 aromatic carbocycles. The molecule has 0 saturated heterocycles. The highest BCUT2D eigenvalue weighted by Gasteiger charge is 2.06. The van der Waals surface area contributed by atoms with Crippen LogP contribution in [0.1, 0.15) is 11.4 Å². The number of imidazole rings is 1. The first kappa shape index (κ1) is 13.1. The summed E-state index contributed by atoms with van der Waals surface area (Å²) in [4.78, 5) is 15.9. The van der Waals surface area contributed by atoms with Crippen LogP contribution in [0.15, 0.2) is 36.7 Å². The van der Waals surface area contributed by atoms with Crippen molar-refractivity contribution < 1.29 is 9.53 Å². The molecule has 2 aromatic rings. The Labute approximate surface area is 112 Å². The van der Waals surface area contributed by atoms with Gasteiger partial charge < -0.3 is 14.6 Å². The van der Waals surface area contributed by atoms with E-state index < -0.39 is 0 Å². The highest BCUT2D eigenvalue weighted by molar-refractivity contribution is 5.77. The molecule has 5 heteroatoms. The molecule has 1 amide bonds. The molecule has 5 nitrogen and oxygen atoms in total. The fourth-order valence-corrected chi connectivity index (χ4v) is 1.72. The highest BCUT2D eigenvalue weighted by Crippen LogP contribution is 2.10. The Morgan fingerprint density at radius 2 is 2.11 bits per heavy atom. The van der Waals surface area contributed by atoms with Crippen molar-refractivity contribution in [2.24, 2.45) is 7.05 Å². The average molecular weight is 259 g/mol. The minimum atomic E-state index is -0.0369. The van der Waals surface area contributed by atoms with Crippen molar-refractivity contribution in [2.45, 2.75) is 13.0 Å². The number of methoxy groups -OCH3 is 1. The number of aryl methyl sites for hydroxylation is 1. The quantitative estimate of drug-likeness (QED) is 0.880. The second-order valence-electron chi connectivity index (χ2n) is 4.26. The Morgan fingerprint density at radius 1 is 1.37 bits per heavy atom. The van der Waals surface area contributed by atoms with Crippen LogP contribution in [-0.4, -0.2) is 22.6 Å². The molecule has 0 unspecified atom stereocenters. The van der Waals surface area contributed by atoms with Crippen LogP contribution in [0.4, 0.5) is 0 Å². The fourth-order valence-electron chi connectivity index (χ4n) is 1.72. The summed E-state index contributed by atoms with van der Waals surface area (Å²) in [7, 11) is 3.50. The Hall–Kier alpha value is -2.30. The van der Waals surface area contributed by atoms with Crippen LogP contribution >= 0.6 is 0 Å². The molecule has 0 aliphatic rings. The maximum atomic E-state index is 11.8. The predicted octanol–water partition coefficient (Wildman–Crippen LogP) is 1.29. The maximum absolute atomic E-state index is 11.8. The number of nitrogens with one attached hydrogen (secondary N) is 1. The SMILES string of the molecule is COc1ccc(CNC(=O)Cc2nccn2C)cc1. The van der Waals surface area contributed by atoms with Gasteiger partial charge in [-0.2, -0.15) is 0 Å². The molecule has 19 heavy (non-hydrogen) atoms. The van der Waals surface area contributed by atoms with Crippen LogP contribution in [0, 0.1) is 0 Å². The number of carbonyl (C=O) groups excluding carboxylic acids is 1. The lowest BCUT2D eigenvalue weighted by molar-refractivity contribution is -0.120. The van der Waals surface area contributed by atoms with E-state index in [-0.39, 0.29) is 5.91 Å². The number of amides is 1. The van der Waals surface area contributed by atoms with Crippen LogP contribution in [-0.2, 0) is 24.8 Å². The van der Waals surface area contributed by atoms with Gasteiger partial charge in [0.2, 0.25) is 5.91 Å². The topological polar surface area (TPSA) is 56.1 Å². The Balaban J connectivity index is 1.84. The molecule has 1 N–H and O–H groups in total. The Morgan fingerprint density at radius 3 is 2.68 bits per heavy atom. The smallest absolute Gasteiger partial charge is 0.227 e. The number of carbonyl (C=O) groups is 1. The number of benzene rings is 1. The largest absolute Gasteiger partial charge is 0.497 e. The van der Waals surface area contributed by atoms with Gasteiger partial charge in [-0.15, -0.1) is 0 Å². The van der Waals surface area contributed by atoms with Crippen LogP contribution < -0.4 is 10.1 Å². The van der Waals surface area contributed by atoms with Crippen molar-refractivity contribution in [3.8, 4) is 5.75 Å². The normalized spacial score (nSPS) is 10.2. The summed E-state index contributed by atoms with van der Waals surface area (Å²) in [6.45, 7) is 0.507. The van der Waals surface area contributed by atoms with Crippen molar-refractivity contribution in [3.63, 3.8) is 0 Å². The first-order valence-electron chi connectivity index (χ1n) is 6.05. The summed E-state index contributed by atoms with van der Waals surface area (Å²) < 4.78 is 6.92. The van der Waals surface area contributed by atoms with Gasteiger partial charge in [0.05, 0.1) is 13.5 Å². The molecule has 0 atom stereocenters. The third kappa shape index (κ3) is 3.58. The van der Waals surface area contributed by atoms with Crippen LogP contribution in [0.25, 0.3) is 0 Å². The molecular formula is C14H17N3O2. The van der Waals surface area contributed by atoms with E-state index in [0.29, 0.717) is 13.0 Å². The van der Waals surface area contributed by atoms with Gasteiger partial charge in [-0.25, -0.2) is 4.98 Å². The first-order chi connectivity index (χ1) is 9.19. The second-order valence-corrected chi connectivity index (χ2v) is 4.26. The van der Waals surface area contributed by atoms with Crippen LogP contribution in [0.2, 0.25) is 0 Å². The van der Waals surface area contributed by atoms with Gasteiger partial charge in [0.15, 0.2) is 0 Å². The van der Waals surface area contributed by atoms with Gasteiger partial charge in [-0.05, 0) is 17.7 Å². The van der Waals surface area contributed by atoms with Crippen molar-refractivity contribution in [1.29, 1.82) is 0 Å². The number of hydrogen-bond donors (Lipinski definition) is 1. The molecule has 1 aromatic heterocycles. The standard InChI is InChI=1S/C14H17N3O2/c1-17-8-7-15-13(17)9-14(18)16-10-11-3-5-12(19-2)6-4-11/h3-8H,9-10H2,1-2H3,(H,16,18). The molecule has 0 fully saturated rings. The number of rotatable bonds is 5. The van der Waals surface area contributed by atoms with Gasteiger partial charge >= 0.3 is 0 Å². The maximum Gasteiger partial charge on any atom is 0.227 e. The van der Waals surface area contributed by atoms with Gasteiger partial charge in [-0.1, -0.05) is 12.1 Å². The second kappa shape index (κ2) is 6.04. The molecule has 0 bridgehead atoms. The molecule has 0 saturated carbocycles. The van der Waals surface area contributed by atoms with Crippen molar-refractivity contribution in [1.82, 2.24) is 14.9 Å². The summed E-state index contributed by atoms with van der Waals surface area (Å²) in [5.74, 6) is 1.53. The van der Waals surface area contributed by atoms with Crippen molar-refractivity contribution in [3.05, 3.63) is 48.0 Å². The molecule has 0 aliphatic carbocycles. The van der Waals surface area contributed by atoms with Crippen molar-refractivity contribution in [2.75, 3.05) is 7.11 Å². The molecule has 0 aliphatic heterocycles. The van der Waals surface area contributed by atoms with E-state index in [1.54, 1.807) is 13.3 Å². The molecule has 0 spiro atoms. The van der Waals surface area contributed by atoms with E-state index in [4.69, 9.17) is 4.74 Å². The average Bonchev–Trinajstić information content (AvgIpc) is 2.82. The minimum absolute atomic E-state index is 0.0369. The van der Waals surface area contributed by atoms with Gasteiger partial charge in [0, 0.05) is 26.0 Å². The predicted molar refractivity (Wildman–Crippen MR) is 71.8 cm³/mol. The minimum Gasteiger partial charge on any atom is -0.497 e. The Bertz CT molecular complexity index is 546. The zero-order chi connectivity index (χ0) is 13.7. The summed E-state index contributed by atoms with van der Waals surface area (Å²) in [5, 5.41) is 2.87. The summed E-state index contributed by atoms with van der Waals surface area (Å²) >= 11 is 0. The van der Waals surface area contributed by atoms with Crippen LogP contribution in [0.3, 0.4) is 0 Å². The summed E-state index contributed by atoms with van der Waals surface area (Å²) in [5.41, 5.74) is 1.04. The molecule has 100 valence electrons. The third-order valence-electron chi connectivity index (χ3n) is 2.89. The van der Waals surface area contributed by atoms with Gasteiger partial charge in [-0.3, -0.25) is 4.79 Å². The zero-order valence-corrected chi connectivity index (χ0v) is 11.1. The van der Waals surface area contributed by atoms with Gasteiger partial charge in [0.1, 0.15) is 11.6 Å². The fraction of sp³-hybridized carbons (Fsp3) is 0.286. The lowest BCUT2D eigenvalue weighted by Crippen LogP contribution is -2.25. The lowest BCUT2D eigenvalue weighted by atomic mass is 10.2. The van der Waals surface area contributed by atoms with E-state index in [2.05, 4.69) is 10.3 Å². The number of aromatic nitrogens is 2. The number of nitrogens with zero attached hydrogens (tertiary/aromatic N) is 2. The van der Waals surface area contributed by atoms with E-state index in [1.807, 2.05) is 42.1 Å². The van der Waals surface area contributed by atoms with E-state index in [0.717, 1.165) is 17.1 Å². The third-order valence-corrected chi connectivity index (χ3v) is 2.89. The van der Waals surface area contributed by atoms with Crippen LogP contribution in [0.5, 0.6) is 5.75 Å². The molecule has 1 heterocycles. The van der Waals surface area contributed by atoms with E-state index >= 15 is 0 Å². The molecule has 0 radical (unpaired) electrons. The molecular weight excluding hydrogens is 242 g/mol. The molecule has 2 rings (SSSR count). The van der Waals surface area contributed by atoms with E-state index in [9.17, 15) is 4.79 Å². The number of ether oxygens (including phenoxy) is 1. The zero-order valence-electron chi connectivity index (χ0n) is 11.1. The number of hydrogen-bond acceptors (Lipinski definition) is 3. The first-order valence-corrected chi connectivity index (χ1v) is 6.05. The van der Waals surface area contributed by atoms with E-state index in [1.165, 1.54) is 0 Å². The van der Waals surface area contributed by atoms with Gasteiger partial charge in [0.25, 0.3) is 0 Å². The monoisotopic (exact) mass is 259 g/mol. The summed E-state index contributed by atoms with van der Waals surface area (Å²) in [6, 6.07) is 7.61.